The molecule has 0 bridgehead atoms. The van der Waals surface area contributed by atoms with Gasteiger partial charge in [-0.2, -0.15) is 0 Å². The predicted molar refractivity (Wildman–Crippen MR) is 45.4 cm³/mol. The molecule has 1 heterocycles. The molecular weight excluding hydrogens is 213 g/mol. The number of aromatic nitrogens is 1. The second-order valence-electron chi connectivity index (χ2n) is 2.56. The maximum absolute atomic E-state index is 12.0. The molecule has 0 radical (unpaired) electrons. The highest BCUT2D eigenvalue weighted by molar-refractivity contribution is 5.41. The fourth-order valence-corrected chi connectivity index (χ4v) is 0.998. The lowest BCUT2D eigenvalue weighted by Crippen LogP contribution is -2.19. The first-order valence-corrected chi connectivity index (χ1v) is 3.95. The van der Waals surface area contributed by atoms with Crippen molar-refractivity contribution in [3.63, 3.8) is 0 Å². The second-order valence-corrected chi connectivity index (χ2v) is 2.56. The van der Waals surface area contributed by atoms with Gasteiger partial charge in [0.2, 0.25) is 0 Å². The first-order chi connectivity index (χ1) is 6.98. The van der Waals surface area contributed by atoms with Crippen LogP contribution in [0.3, 0.4) is 0 Å². The number of pyridine rings is 1. The maximum Gasteiger partial charge on any atom is 0.573 e. The van der Waals surface area contributed by atoms with E-state index in [4.69, 9.17) is 5.73 Å². The molecule has 1 aromatic rings. The molecule has 1 rings (SSSR count). The van der Waals surface area contributed by atoms with Gasteiger partial charge in [0.05, 0.1) is 7.11 Å². The molecule has 7 heteroatoms. The summed E-state index contributed by atoms with van der Waals surface area (Å²) in [6.07, 6.45) is -3.50. The van der Waals surface area contributed by atoms with Gasteiger partial charge in [0.25, 0.3) is 5.88 Å². The van der Waals surface area contributed by atoms with Crippen LogP contribution in [0.2, 0.25) is 0 Å². The first kappa shape index (κ1) is 11.6. The monoisotopic (exact) mass is 222 g/mol. The quantitative estimate of drug-likeness (QED) is 0.840. The van der Waals surface area contributed by atoms with E-state index < -0.39 is 12.1 Å². The SMILES string of the molecule is COc1nccc(CN)c1OC(F)(F)F. The van der Waals surface area contributed by atoms with Crippen LogP contribution in [-0.2, 0) is 6.54 Å². The van der Waals surface area contributed by atoms with Crippen LogP contribution in [0.25, 0.3) is 0 Å². The summed E-state index contributed by atoms with van der Waals surface area (Å²) in [5, 5.41) is 0. The summed E-state index contributed by atoms with van der Waals surface area (Å²) >= 11 is 0. The molecule has 4 nitrogen and oxygen atoms in total. The Hall–Kier alpha value is -1.50. The molecule has 0 atom stereocenters. The van der Waals surface area contributed by atoms with Crippen molar-refractivity contribution >= 4 is 0 Å². The summed E-state index contributed by atoms with van der Waals surface area (Å²) < 4.78 is 44.5. The third-order valence-electron chi connectivity index (χ3n) is 1.58. The van der Waals surface area contributed by atoms with E-state index in [-0.39, 0.29) is 18.0 Å². The van der Waals surface area contributed by atoms with E-state index in [0.29, 0.717) is 0 Å². The van der Waals surface area contributed by atoms with E-state index in [0.717, 1.165) is 0 Å². The summed E-state index contributed by atoms with van der Waals surface area (Å²) in [7, 11) is 1.20. The lowest BCUT2D eigenvalue weighted by atomic mass is 10.2. The summed E-state index contributed by atoms with van der Waals surface area (Å²) in [5.41, 5.74) is 5.44. The number of hydrogen-bond acceptors (Lipinski definition) is 4. The second kappa shape index (κ2) is 4.35. The molecule has 0 aliphatic rings. The lowest BCUT2D eigenvalue weighted by molar-refractivity contribution is -0.275. The van der Waals surface area contributed by atoms with E-state index in [9.17, 15) is 13.2 Å². The van der Waals surface area contributed by atoms with E-state index in [1.54, 1.807) is 0 Å². The van der Waals surface area contributed by atoms with Gasteiger partial charge in [-0.1, -0.05) is 0 Å². The molecule has 0 fully saturated rings. The van der Waals surface area contributed by atoms with Crippen LogP contribution >= 0.6 is 0 Å². The van der Waals surface area contributed by atoms with E-state index >= 15 is 0 Å². The number of methoxy groups -OCH3 is 1. The highest BCUT2D eigenvalue weighted by Gasteiger charge is 2.33. The van der Waals surface area contributed by atoms with Crippen LogP contribution in [0.5, 0.6) is 11.6 Å². The number of halogens is 3. The molecular formula is C8H9F3N2O2. The highest BCUT2D eigenvalue weighted by Crippen LogP contribution is 2.33. The molecule has 0 unspecified atom stereocenters. The average Bonchev–Trinajstić information content (AvgIpc) is 2.16. The Balaban J connectivity index is 3.11. The van der Waals surface area contributed by atoms with Gasteiger partial charge in [-0.15, -0.1) is 13.2 Å². The summed E-state index contributed by atoms with van der Waals surface area (Å²) in [5.74, 6) is -0.731. The molecule has 0 aliphatic heterocycles. The Kier molecular flexibility index (Phi) is 3.35. The number of hydrogen-bond donors (Lipinski definition) is 1. The Morgan fingerprint density at radius 3 is 2.60 bits per heavy atom. The minimum atomic E-state index is -4.79. The Morgan fingerprint density at radius 2 is 2.13 bits per heavy atom. The van der Waals surface area contributed by atoms with Gasteiger partial charge in [0, 0.05) is 18.3 Å². The van der Waals surface area contributed by atoms with Crippen molar-refractivity contribution in [3.8, 4) is 11.6 Å². The van der Waals surface area contributed by atoms with Crippen LogP contribution in [-0.4, -0.2) is 18.5 Å². The zero-order chi connectivity index (χ0) is 11.5. The van der Waals surface area contributed by atoms with Gasteiger partial charge in [0.15, 0.2) is 5.75 Å². The number of alkyl halides is 3. The molecule has 0 aliphatic carbocycles. The maximum atomic E-state index is 12.0. The lowest BCUT2D eigenvalue weighted by Gasteiger charge is -2.14. The number of rotatable bonds is 3. The normalized spacial score (nSPS) is 11.3. The summed E-state index contributed by atoms with van der Waals surface area (Å²) in [6.45, 7) is -0.0930. The summed E-state index contributed by atoms with van der Waals surface area (Å²) in [4.78, 5) is 3.59. The average molecular weight is 222 g/mol. The zero-order valence-electron chi connectivity index (χ0n) is 7.84. The van der Waals surface area contributed by atoms with E-state index in [1.165, 1.54) is 19.4 Å². The third-order valence-corrected chi connectivity index (χ3v) is 1.58. The molecule has 0 saturated heterocycles. The van der Waals surface area contributed by atoms with Crippen molar-refractivity contribution in [2.45, 2.75) is 12.9 Å². The predicted octanol–water partition coefficient (Wildman–Crippen LogP) is 1.45. The highest BCUT2D eigenvalue weighted by atomic mass is 19.4. The fourth-order valence-electron chi connectivity index (χ4n) is 0.998. The van der Waals surface area contributed by atoms with Crippen LogP contribution < -0.4 is 15.2 Å². The Morgan fingerprint density at radius 1 is 1.47 bits per heavy atom. The van der Waals surface area contributed by atoms with Crippen molar-refractivity contribution < 1.29 is 22.6 Å². The zero-order valence-corrected chi connectivity index (χ0v) is 7.84. The topological polar surface area (TPSA) is 57.4 Å². The number of nitrogens with zero attached hydrogens (tertiary/aromatic N) is 1. The van der Waals surface area contributed by atoms with Crippen molar-refractivity contribution in [1.82, 2.24) is 4.98 Å². The molecule has 1 aromatic heterocycles. The van der Waals surface area contributed by atoms with E-state index in [2.05, 4.69) is 14.5 Å². The van der Waals surface area contributed by atoms with Crippen LogP contribution in [0.1, 0.15) is 5.56 Å². The van der Waals surface area contributed by atoms with E-state index in [1.807, 2.05) is 0 Å². The van der Waals surface area contributed by atoms with Gasteiger partial charge in [-0.05, 0) is 6.07 Å². The summed E-state index contributed by atoms with van der Waals surface area (Å²) in [6, 6.07) is 1.34. The van der Waals surface area contributed by atoms with Gasteiger partial charge in [-0.25, -0.2) is 4.98 Å². The minimum absolute atomic E-state index is 0.0930. The van der Waals surface area contributed by atoms with Crippen LogP contribution in [0.15, 0.2) is 12.3 Å². The third kappa shape index (κ3) is 2.98. The van der Waals surface area contributed by atoms with Gasteiger partial charge in [0.1, 0.15) is 0 Å². The standard InChI is InChI=1S/C8H9F3N2O2/c1-14-7-6(15-8(9,10)11)5(4-12)2-3-13-7/h2-3H,4,12H2,1H3. The van der Waals surface area contributed by atoms with Gasteiger partial charge < -0.3 is 15.2 Å². The van der Waals surface area contributed by atoms with Gasteiger partial charge in [-0.3, -0.25) is 0 Å². The molecule has 0 saturated carbocycles. The smallest absolute Gasteiger partial charge is 0.478 e. The van der Waals surface area contributed by atoms with Crippen molar-refractivity contribution in [2.75, 3.05) is 7.11 Å². The van der Waals surface area contributed by atoms with Crippen molar-refractivity contribution in [3.05, 3.63) is 17.8 Å². The van der Waals surface area contributed by atoms with Gasteiger partial charge >= 0.3 is 6.36 Å². The minimum Gasteiger partial charge on any atom is -0.478 e. The molecule has 84 valence electrons. The molecule has 0 spiro atoms. The van der Waals surface area contributed by atoms with Crippen molar-refractivity contribution in [2.24, 2.45) is 5.73 Å². The molecule has 0 amide bonds. The van der Waals surface area contributed by atoms with Crippen LogP contribution in [0, 0.1) is 0 Å². The number of nitrogens with two attached hydrogens (primary N) is 1. The van der Waals surface area contributed by atoms with Crippen molar-refractivity contribution in [1.29, 1.82) is 0 Å². The largest absolute Gasteiger partial charge is 0.573 e. The Bertz CT molecular complexity index is 319. The molecule has 15 heavy (non-hydrogen) atoms. The fraction of sp³-hybridized carbons (Fsp3) is 0.375. The first-order valence-electron chi connectivity index (χ1n) is 3.95. The molecule has 2 N–H and O–H groups in total. The number of ether oxygens (including phenoxy) is 2. The Labute approximate surface area is 83.8 Å². The molecule has 0 aromatic carbocycles. The van der Waals surface area contributed by atoms with Crippen LogP contribution in [0.4, 0.5) is 13.2 Å².